The molecule has 5 heteroatoms. The highest BCUT2D eigenvalue weighted by Crippen LogP contribution is 2.56. The summed E-state index contributed by atoms with van der Waals surface area (Å²) in [5.41, 5.74) is 0.886. The van der Waals surface area contributed by atoms with Gasteiger partial charge in [-0.1, -0.05) is 12.5 Å². The molecule has 0 bridgehead atoms. The molecular formula is C18H25F2N3. The summed E-state index contributed by atoms with van der Waals surface area (Å²) in [6, 6.07) is 3.40. The molecule has 0 aromatic heterocycles. The van der Waals surface area contributed by atoms with Crippen LogP contribution in [0.2, 0.25) is 0 Å². The highest BCUT2D eigenvalue weighted by Gasteiger charge is 2.48. The Morgan fingerprint density at radius 3 is 2.61 bits per heavy atom. The molecule has 1 aromatic carbocycles. The Bertz CT molecular complexity index is 592. The molecule has 3 rings (SSSR count). The van der Waals surface area contributed by atoms with Crippen LogP contribution in [0.3, 0.4) is 0 Å². The van der Waals surface area contributed by atoms with Gasteiger partial charge in [0.05, 0.1) is 6.04 Å². The first-order valence-corrected chi connectivity index (χ1v) is 8.46. The molecule has 0 spiro atoms. The van der Waals surface area contributed by atoms with Crippen molar-refractivity contribution in [3.8, 4) is 0 Å². The van der Waals surface area contributed by atoms with E-state index in [1.165, 1.54) is 44.2 Å². The van der Waals surface area contributed by atoms with Gasteiger partial charge in [0.2, 0.25) is 0 Å². The average Bonchev–Trinajstić information content (AvgIpc) is 3.29. The first-order chi connectivity index (χ1) is 11.0. The Balaban J connectivity index is 1.58. The van der Waals surface area contributed by atoms with Crippen LogP contribution in [0.25, 0.3) is 0 Å². The smallest absolute Gasteiger partial charge is 0.191 e. The lowest BCUT2D eigenvalue weighted by Gasteiger charge is -2.43. The van der Waals surface area contributed by atoms with Crippen LogP contribution in [0.4, 0.5) is 8.78 Å². The van der Waals surface area contributed by atoms with E-state index >= 15 is 0 Å². The van der Waals surface area contributed by atoms with Crippen LogP contribution >= 0.6 is 0 Å². The van der Waals surface area contributed by atoms with Gasteiger partial charge in [0, 0.05) is 25.2 Å². The van der Waals surface area contributed by atoms with E-state index in [9.17, 15) is 8.78 Å². The van der Waals surface area contributed by atoms with Crippen molar-refractivity contribution in [2.24, 2.45) is 16.3 Å². The third-order valence-electron chi connectivity index (χ3n) is 5.41. The van der Waals surface area contributed by atoms with E-state index in [2.05, 4.69) is 15.6 Å². The number of aliphatic imine (C=N–C) groups is 1. The zero-order valence-corrected chi connectivity index (χ0v) is 13.8. The van der Waals surface area contributed by atoms with E-state index in [4.69, 9.17) is 0 Å². The van der Waals surface area contributed by atoms with Gasteiger partial charge in [0.1, 0.15) is 11.6 Å². The standard InChI is InChI=1S/C18H25F2N3/c1-12(15-7-6-14(19)10-16(15)20)23-17(21-2)22-11-18(8-3-9-18)13-4-5-13/h6-7,10,12-13H,3-5,8-9,11H2,1-2H3,(H2,21,22,23). The summed E-state index contributed by atoms with van der Waals surface area (Å²) >= 11 is 0. The second-order valence-corrected chi connectivity index (χ2v) is 6.95. The second kappa shape index (κ2) is 6.46. The number of halogens is 2. The van der Waals surface area contributed by atoms with Crippen LogP contribution in [0.15, 0.2) is 23.2 Å². The number of rotatable bonds is 5. The summed E-state index contributed by atoms with van der Waals surface area (Å²) in [5, 5.41) is 6.61. The predicted molar refractivity (Wildman–Crippen MR) is 88.3 cm³/mol. The number of nitrogens with one attached hydrogen (secondary N) is 2. The molecule has 23 heavy (non-hydrogen) atoms. The molecule has 1 unspecified atom stereocenters. The predicted octanol–water partition coefficient (Wildman–Crippen LogP) is 3.77. The van der Waals surface area contributed by atoms with Crippen molar-refractivity contribution in [1.29, 1.82) is 0 Å². The average molecular weight is 321 g/mol. The minimum atomic E-state index is -0.558. The summed E-state index contributed by atoms with van der Waals surface area (Å²) in [7, 11) is 1.72. The van der Waals surface area contributed by atoms with Gasteiger partial charge in [0.15, 0.2) is 5.96 Å². The van der Waals surface area contributed by atoms with Crippen molar-refractivity contribution >= 4 is 5.96 Å². The molecule has 0 heterocycles. The van der Waals surface area contributed by atoms with Crippen molar-refractivity contribution in [1.82, 2.24) is 10.6 Å². The lowest BCUT2D eigenvalue weighted by molar-refractivity contribution is 0.106. The Hall–Kier alpha value is -1.65. The highest BCUT2D eigenvalue weighted by molar-refractivity contribution is 5.80. The summed E-state index contributed by atoms with van der Waals surface area (Å²) in [6.45, 7) is 2.78. The van der Waals surface area contributed by atoms with Crippen molar-refractivity contribution in [3.05, 3.63) is 35.4 Å². The molecule has 2 saturated carbocycles. The molecule has 1 atom stereocenters. The number of hydrogen-bond acceptors (Lipinski definition) is 1. The molecule has 1 aromatic rings. The van der Waals surface area contributed by atoms with Gasteiger partial charge >= 0.3 is 0 Å². The first kappa shape index (κ1) is 16.2. The maximum absolute atomic E-state index is 13.9. The molecule has 0 saturated heterocycles. The third kappa shape index (κ3) is 3.48. The third-order valence-corrected chi connectivity index (χ3v) is 5.41. The van der Waals surface area contributed by atoms with E-state index in [0.717, 1.165) is 18.5 Å². The Morgan fingerprint density at radius 1 is 1.35 bits per heavy atom. The summed E-state index contributed by atoms with van der Waals surface area (Å²) in [6.07, 6.45) is 6.62. The molecule has 0 amide bonds. The van der Waals surface area contributed by atoms with Gasteiger partial charge in [-0.2, -0.15) is 0 Å². The summed E-state index contributed by atoms with van der Waals surface area (Å²) < 4.78 is 26.9. The normalized spacial score (nSPS) is 21.5. The van der Waals surface area contributed by atoms with Crippen molar-refractivity contribution in [2.45, 2.75) is 45.1 Å². The number of benzene rings is 1. The molecular weight excluding hydrogens is 296 g/mol. The van der Waals surface area contributed by atoms with Crippen LogP contribution in [-0.4, -0.2) is 19.6 Å². The van der Waals surface area contributed by atoms with Crippen molar-refractivity contribution in [3.63, 3.8) is 0 Å². The number of guanidine groups is 1. The maximum atomic E-state index is 13.9. The first-order valence-electron chi connectivity index (χ1n) is 8.46. The topological polar surface area (TPSA) is 36.4 Å². The van der Waals surface area contributed by atoms with Crippen LogP contribution in [0.1, 0.15) is 50.6 Å². The zero-order valence-electron chi connectivity index (χ0n) is 13.8. The molecule has 0 aliphatic heterocycles. The molecule has 0 radical (unpaired) electrons. The zero-order chi connectivity index (χ0) is 16.4. The van der Waals surface area contributed by atoms with E-state index in [-0.39, 0.29) is 6.04 Å². The largest absolute Gasteiger partial charge is 0.356 e. The molecule has 2 fully saturated rings. The van der Waals surface area contributed by atoms with Crippen LogP contribution < -0.4 is 10.6 Å². The van der Waals surface area contributed by atoms with Crippen molar-refractivity contribution in [2.75, 3.05) is 13.6 Å². The van der Waals surface area contributed by atoms with Crippen LogP contribution in [0.5, 0.6) is 0 Å². The lowest BCUT2D eigenvalue weighted by atomic mass is 9.65. The number of nitrogens with zero attached hydrogens (tertiary/aromatic N) is 1. The fourth-order valence-corrected chi connectivity index (χ4v) is 3.65. The monoisotopic (exact) mass is 321 g/mol. The molecule has 2 N–H and O–H groups in total. The van der Waals surface area contributed by atoms with E-state index in [1.807, 2.05) is 6.92 Å². The fraction of sp³-hybridized carbons (Fsp3) is 0.611. The molecule has 2 aliphatic rings. The molecule has 3 nitrogen and oxygen atoms in total. The number of hydrogen-bond donors (Lipinski definition) is 2. The van der Waals surface area contributed by atoms with Gasteiger partial charge in [0.25, 0.3) is 0 Å². The Labute approximate surface area is 136 Å². The molecule has 126 valence electrons. The quantitative estimate of drug-likeness (QED) is 0.640. The van der Waals surface area contributed by atoms with Crippen molar-refractivity contribution < 1.29 is 8.78 Å². The Kier molecular flexibility index (Phi) is 4.55. The second-order valence-electron chi connectivity index (χ2n) is 6.95. The SMILES string of the molecule is CN=C(NCC1(C2CC2)CCC1)NC(C)c1ccc(F)cc1F. The fourth-order valence-electron chi connectivity index (χ4n) is 3.65. The lowest BCUT2D eigenvalue weighted by Crippen LogP contribution is -2.48. The van der Waals surface area contributed by atoms with E-state index < -0.39 is 11.6 Å². The highest BCUT2D eigenvalue weighted by atomic mass is 19.1. The Morgan fingerprint density at radius 2 is 2.09 bits per heavy atom. The minimum absolute atomic E-state index is 0.278. The summed E-state index contributed by atoms with van der Waals surface area (Å²) in [5.74, 6) is 0.452. The van der Waals surface area contributed by atoms with Gasteiger partial charge in [-0.05, 0) is 50.0 Å². The van der Waals surface area contributed by atoms with E-state index in [1.54, 1.807) is 7.05 Å². The van der Waals surface area contributed by atoms with E-state index in [0.29, 0.717) is 16.9 Å². The van der Waals surface area contributed by atoms with Crippen LogP contribution in [-0.2, 0) is 0 Å². The minimum Gasteiger partial charge on any atom is -0.356 e. The van der Waals surface area contributed by atoms with Gasteiger partial charge < -0.3 is 10.6 Å². The van der Waals surface area contributed by atoms with Gasteiger partial charge in [-0.3, -0.25) is 4.99 Å². The van der Waals surface area contributed by atoms with Gasteiger partial charge in [-0.25, -0.2) is 8.78 Å². The van der Waals surface area contributed by atoms with Gasteiger partial charge in [-0.15, -0.1) is 0 Å². The molecule has 2 aliphatic carbocycles. The summed E-state index contributed by atoms with van der Waals surface area (Å²) in [4.78, 5) is 4.24. The van der Waals surface area contributed by atoms with Crippen LogP contribution in [0, 0.1) is 23.0 Å². The maximum Gasteiger partial charge on any atom is 0.191 e.